The average Bonchev–Trinajstić information content (AvgIpc) is 2.50. The second-order valence-corrected chi connectivity index (χ2v) is 5.26. The van der Waals surface area contributed by atoms with Gasteiger partial charge in [-0.15, -0.1) is 0 Å². The lowest BCUT2D eigenvalue weighted by molar-refractivity contribution is -0.258. The van der Waals surface area contributed by atoms with E-state index in [1.165, 1.54) is 6.92 Å². The number of methoxy groups -OCH3 is 1. The molecule has 0 spiro atoms. The largest absolute Gasteiger partial charge is 0.481 e. The second-order valence-electron chi connectivity index (χ2n) is 5.26. The third-order valence-electron chi connectivity index (χ3n) is 3.82. The van der Waals surface area contributed by atoms with Gasteiger partial charge in [0, 0.05) is 7.11 Å². The van der Waals surface area contributed by atoms with E-state index in [9.17, 15) is 24.3 Å². The van der Waals surface area contributed by atoms with Crippen molar-refractivity contribution in [1.29, 1.82) is 0 Å². The monoisotopic (exact) mass is 328 g/mol. The van der Waals surface area contributed by atoms with Crippen LogP contribution in [0.5, 0.6) is 0 Å². The summed E-state index contributed by atoms with van der Waals surface area (Å²) in [6, 6.07) is 0. The van der Waals surface area contributed by atoms with Crippen molar-refractivity contribution in [2.24, 2.45) is 5.92 Å². The number of carboxylic acid groups (broad SMARTS) is 2. The van der Waals surface area contributed by atoms with Crippen molar-refractivity contribution in [2.45, 2.75) is 25.8 Å². The van der Waals surface area contributed by atoms with Gasteiger partial charge >= 0.3 is 11.9 Å². The highest BCUT2D eigenvalue weighted by Crippen LogP contribution is 2.40. The molecule has 0 aromatic rings. The van der Waals surface area contributed by atoms with Crippen LogP contribution in [0.2, 0.25) is 0 Å². The number of fused-ring (bicyclic) bond motifs is 1. The molecule has 1 saturated heterocycles. The predicted octanol–water partition coefficient (Wildman–Crippen LogP) is -1.28. The highest BCUT2D eigenvalue weighted by molar-refractivity contribution is 6.05. The molecule has 0 bridgehead atoms. The summed E-state index contributed by atoms with van der Waals surface area (Å²) in [6.45, 7) is 2.59. The van der Waals surface area contributed by atoms with Crippen LogP contribution in [0.3, 0.4) is 0 Å². The first kappa shape index (κ1) is 16.9. The molecule has 2 aliphatic rings. The van der Waals surface area contributed by atoms with E-state index in [1.54, 1.807) is 0 Å². The molecule has 1 fully saturated rings. The zero-order valence-electron chi connectivity index (χ0n) is 12.7. The average molecular weight is 328 g/mol. The molecule has 2 amide bonds. The number of carbonyl (C=O) groups excluding carboxylic acids is 2. The molecule has 2 heterocycles. The number of hydrogen-bond acceptors (Lipinski definition) is 6. The third kappa shape index (κ3) is 2.35. The Kier molecular flexibility index (Phi) is 4.14. The van der Waals surface area contributed by atoms with Crippen molar-refractivity contribution in [2.75, 3.05) is 13.7 Å². The van der Waals surface area contributed by atoms with E-state index in [-0.39, 0.29) is 12.3 Å². The Bertz CT molecular complexity index is 627. The molecule has 126 valence electrons. The standard InChI is InChI=1S/C13H16N2O8/c1-5-4-23-12-13(22-3,14-8(16)6(2)9(17)18)11(21)15(12)7(5)10(19)20/h6,12H,4H2,1-3H3,(H,14,16)(H,17,18)(H,19,20)/t6-,12-,13+/m1/s1. The van der Waals surface area contributed by atoms with Gasteiger partial charge in [-0.05, 0) is 19.4 Å². The Labute approximate surface area is 130 Å². The number of rotatable bonds is 5. The molecule has 0 aromatic carbocycles. The topological polar surface area (TPSA) is 142 Å². The number of carboxylic acids is 2. The molecule has 0 radical (unpaired) electrons. The molecule has 3 atom stereocenters. The molecular weight excluding hydrogens is 312 g/mol. The van der Waals surface area contributed by atoms with Crippen molar-refractivity contribution in [3.63, 3.8) is 0 Å². The fraction of sp³-hybridized carbons (Fsp3) is 0.538. The van der Waals surface area contributed by atoms with Crippen molar-refractivity contribution in [3.05, 3.63) is 11.3 Å². The van der Waals surface area contributed by atoms with Crippen LogP contribution in [-0.2, 0) is 28.7 Å². The van der Waals surface area contributed by atoms with Crippen LogP contribution in [0.1, 0.15) is 13.8 Å². The molecule has 2 rings (SSSR count). The van der Waals surface area contributed by atoms with Gasteiger partial charge in [0.1, 0.15) is 11.6 Å². The molecule has 2 aliphatic heterocycles. The summed E-state index contributed by atoms with van der Waals surface area (Å²) in [5, 5.41) is 20.3. The van der Waals surface area contributed by atoms with Crippen LogP contribution in [0, 0.1) is 5.92 Å². The summed E-state index contributed by atoms with van der Waals surface area (Å²) in [4.78, 5) is 47.4. The first-order valence-electron chi connectivity index (χ1n) is 6.65. The smallest absolute Gasteiger partial charge is 0.352 e. The first-order chi connectivity index (χ1) is 10.7. The molecule has 10 nitrogen and oxygen atoms in total. The van der Waals surface area contributed by atoms with Crippen molar-refractivity contribution in [1.82, 2.24) is 10.2 Å². The summed E-state index contributed by atoms with van der Waals surface area (Å²) in [5.74, 6) is -5.88. The summed E-state index contributed by atoms with van der Waals surface area (Å²) in [6.07, 6.45) is -1.18. The Morgan fingerprint density at radius 1 is 1.43 bits per heavy atom. The lowest BCUT2D eigenvalue weighted by Crippen LogP contribution is -2.82. The number of carbonyl (C=O) groups is 4. The summed E-state index contributed by atoms with van der Waals surface area (Å²) in [7, 11) is 1.13. The highest BCUT2D eigenvalue weighted by Gasteiger charge is 2.67. The van der Waals surface area contributed by atoms with Gasteiger partial charge in [0.15, 0.2) is 6.23 Å². The predicted molar refractivity (Wildman–Crippen MR) is 71.6 cm³/mol. The van der Waals surface area contributed by atoms with Crippen LogP contribution < -0.4 is 5.32 Å². The van der Waals surface area contributed by atoms with E-state index in [0.29, 0.717) is 5.57 Å². The molecule has 0 aliphatic carbocycles. The van der Waals surface area contributed by atoms with Gasteiger partial charge in [0.25, 0.3) is 11.6 Å². The summed E-state index contributed by atoms with van der Waals surface area (Å²) in [5.41, 5.74) is -1.83. The van der Waals surface area contributed by atoms with Gasteiger partial charge in [-0.3, -0.25) is 19.3 Å². The Balaban J connectivity index is 2.30. The minimum absolute atomic E-state index is 0.0639. The van der Waals surface area contributed by atoms with Crippen LogP contribution in [0.15, 0.2) is 11.3 Å². The maximum absolute atomic E-state index is 12.4. The number of nitrogens with zero attached hydrogens (tertiary/aromatic N) is 1. The lowest BCUT2D eigenvalue weighted by atomic mass is 9.93. The van der Waals surface area contributed by atoms with Gasteiger partial charge in [-0.25, -0.2) is 4.79 Å². The Morgan fingerprint density at radius 3 is 2.52 bits per heavy atom. The molecule has 10 heteroatoms. The maximum atomic E-state index is 12.4. The minimum Gasteiger partial charge on any atom is -0.481 e. The second kappa shape index (κ2) is 5.63. The summed E-state index contributed by atoms with van der Waals surface area (Å²) < 4.78 is 10.4. The summed E-state index contributed by atoms with van der Waals surface area (Å²) >= 11 is 0. The quantitative estimate of drug-likeness (QED) is 0.322. The molecule has 0 aromatic heterocycles. The van der Waals surface area contributed by atoms with Crippen molar-refractivity contribution >= 4 is 23.8 Å². The van der Waals surface area contributed by atoms with E-state index in [1.807, 2.05) is 0 Å². The van der Waals surface area contributed by atoms with Crippen molar-refractivity contribution < 1.29 is 38.9 Å². The minimum atomic E-state index is -1.94. The van der Waals surface area contributed by atoms with Gasteiger partial charge in [-0.1, -0.05) is 0 Å². The van der Waals surface area contributed by atoms with Gasteiger partial charge in [0.05, 0.1) is 6.61 Å². The third-order valence-corrected chi connectivity index (χ3v) is 3.82. The van der Waals surface area contributed by atoms with E-state index in [4.69, 9.17) is 14.6 Å². The molecule has 23 heavy (non-hydrogen) atoms. The van der Waals surface area contributed by atoms with Gasteiger partial charge in [-0.2, -0.15) is 0 Å². The van der Waals surface area contributed by atoms with E-state index < -0.39 is 41.6 Å². The molecule has 0 unspecified atom stereocenters. The van der Waals surface area contributed by atoms with E-state index in [2.05, 4.69) is 5.32 Å². The fourth-order valence-corrected chi connectivity index (χ4v) is 2.44. The first-order valence-corrected chi connectivity index (χ1v) is 6.65. The maximum Gasteiger partial charge on any atom is 0.352 e. The van der Waals surface area contributed by atoms with Crippen LogP contribution in [0.4, 0.5) is 0 Å². The molecule has 0 saturated carbocycles. The number of nitrogens with one attached hydrogen (secondary N) is 1. The van der Waals surface area contributed by atoms with Crippen LogP contribution >= 0.6 is 0 Å². The number of ether oxygens (including phenoxy) is 2. The van der Waals surface area contributed by atoms with Gasteiger partial charge in [0.2, 0.25) is 5.91 Å². The number of amides is 2. The highest BCUT2D eigenvalue weighted by atomic mass is 16.6. The van der Waals surface area contributed by atoms with Gasteiger partial charge < -0.3 is 25.0 Å². The van der Waals surface area contributed by atoms with E-state index >= 15 is 0 Å². The molecule has 3 N–H and O–H groups in total. The molecular formula is C13H16N2O8. The normalized spacial score (nSPS) is 27.9. The zero-order chi connectivity index (χ0) is 17.5. The Morgan fingerprint density at radius 2 is 2.04 bits per heavy atom. The number of β-lactam (4-membered cyclic amide) rings is 1. The zero-order valence-corrected chi connectivity index (χ0v) is 12.7. The number of hydrogen-bond donors (Lipinski definition) is 3. The van der Waals surface area contributed by atoms with Crippen molar-refractivity contribution in [3.8, 4) is 0 Å². The SMILES string of the molecule is CO[C@@]1(NC(=O)[C@@H](C)C(=O)O)C(=O)N2C(C(=O)O)=C(C)CO[C@@H]21. The fourth-order valence-electron chi connectivity index (χ4n) is 2.44. The van der Waals surface area contributed by atoms with Crippen LogP contribution in [0.25, 0.3) is 0 Å². The van der Waals surface area contributed by atoms with E-state index in [0.717, 1.165) is 18.9 Å². The lowest BCUT2D eigenvalue weighted by Gasteiger charge is -2.55. The van der Waals surface area contributed by atoms with Crippen LogP contribution in [-0.4, -0.2) is 64.5 Å². The Hall–Kier alpha value is -2.46. The number of aliphatic carboxylic acids is 2.